The van der Waals surface area contributed by atoms with Crippen molar-refractivity contribution < 1.29 is 4.79 Å². The molecular formula is C17H17Cl2N5O. The molecule has 2 amide bonds. The number of hydrogen-bond donors (Lipinski definition) is 1. The topological polar surface area (TPSA) is 61.4 Å². The Morgan fingerprint density at radius 1 is 1.24 bits per heavy atom. The van der Waals surface area contributed by atoms with E-state index in [0.717, 1.165) is 24.5 Å². The van der Waals surface area contributed by atoms with Crippen molar-refractivity contribution in [3.63, 3.8) is 0 Å². The van der Waals surface area contributed by atoms with Gasteiger partial charge < -0.3 is 15.1 Å². The molecule has 1 aromatic carbocycles. The number of hydrogen-bond acceptors (Lipinski definition) is 4. The van der Waals surface area contributed by atoms with Gasteiger partial charge in [0.25, 0.3) is 0 Å². The van der Waals surface area contributed by atoms with Gasteiger partial charge in [-0.15, -0.1) is 0 Å². The molecular weight excluding hydrogens is 361 g/mol. The molecule has 0 saturated carbocycles. The molecule has 1 N–H and O–H groups in total. The zero-order valence-electron chi connectivity index (χ0n) is 13.5. The number of carbonyl (C=O) groups excluding carboxylic acids is 1. The molecule has 8 heteroatoms. The molecule has 0 bridgehead atoms. The minimum atomic E-state index is -0.0857. The van der Waals surface area contributed by atoms with Gasteiger partial charge in [-0.2, -0.15) is 0 Å². The number of anilines is 1. The first kappa shape index (κ1) is 16.4. The van der Waals surface area contributed by atoms with E-state index in [1.807, 2.05) is 6.07 Å². The molecule has 0 atom stereocenters. The predicted molar refractivity (Wildman–Crippen MR) is 97.0 cm³/mol. The quantitative estimate of drug-likeness (QED) is 0.892. The van der Waals surface area contributed by atoms with Crippen molar-refractivity contribution in [3.05, 3.63) is 52.3 Å². The minimum Gasteiger partial charge on any atom is -0.334 e. The predicted octanol–water partition coefficient (Wildman–Crippen LogP) is 2.96. The zero-order chi connectivity index (χ0) is 17.4. The first-order chi connectivity index (χ1) is 12.1. The number of likely N-dealkylation sites (tertiary alicyclic amines) is 1. The molecule has 4 rings (SSSR count). The van der Waals surface area contributed by atoms with Crippen LogP contribution in [0.1, 0.15) is 12.0 Å². The summed E-state index contributed by atoms with van der Waals surface area (Å²) in [7, 11) is 0. The van der Waals surface area contributed by atoms with Gasteiger partial charge in [0.05, 0.1) is 5.54 Å². The van der Waals surface area contributed by atoms with Crippen LogP contribution < -0.4 is 10.2 Å². The summed E-state index contributed by atoms with van der Waals surface area (Å²) in [6.45, 7) is 2.68. The molecule has 2 aliphatic rings. The van der Waals surface area contributed by atoms with Gasteiger partial charge in [-0.1, -0.05) is 29.3 Å². The van der Waals surface area contributed by atoms with Crippen LogP contribution in [0.4, 0.5) is 10.7 Å². The van der Waals surface area contributed by atoms with Crippen molar-refractivity contribution in [1.82, 2.24) is 20.2 Å². The van der Waals surface area contributed by atoms with E-state index < -0.39 is 0 Å². The second-order valence-electron chi connectivity index (χ2n) is 6.43. The number of urea groups is 1. The summed E-state index contributed by atoms with van der Waals surface area (Å²) in [6.07, 6.45) is 4.54. The fourth-order valence-corrected chi connectivity index (χ4v) is 3.84. The Morgan fingerprint density at radius 3 is 2.64 bits per heavy atom. The number of aromatic nitrogens is 2. The molecule has 130 valence electrons. The maximum absolute atomic E-state index is 12.3. The van der Waals surface area contributed by atoms with E-state index in [9.17, 15) is 4.79 Å². The average Bonchev–Trinajstić information content (AvgIpc) is 2.53. The maximum Gasteiger partial charge on any atom is 0.317 e. The molecule has 6 nitrogen and oxygen atoms in total. The fraction of sp³-hybridized carbons (Fsp3) is 0.353. The molecule has 0 aliphatic carbocycles. The van der Waals surface area contributed by atoms with E-state index in [2.05, 4.69) is 20.2 Å². The highest BCUT2D eigenvalue weighted by molar-refractivity contribution is 6.35. The third-order valence-electron chi connectivity index (χ3n) is 4.87. The SMILES string of the molecule is O=C(NCc1ccc(Cl)cc1Cl)N1CC2(CCN2c2ncccn2)C1. The van der Waals surface area contributed by atoms with E-state index in [-0.39, 0.29) is 11.6 Å². The molecule has 2 aliphatic heterocycles. The van der Waals surface area contributed by atoms with Crippen molar-refractivity contribution in [2.45, 2.75) is 18.5 Å². The second-order valence-corrected chi connectivity index (χ2v) is 7.27. The number of carbonyl (C=O) groups is 1. The largest absolute Gasteiger partial charge is 0.334 e. The monoisotopic (exact) mass is 377 g/mol. The van der Waals surface area contributed by atoms with Gasteiger partial charge in [0.2, 0.25) is 5.95 Å². The Balaban J connectivity index is 1.32. The zero-order valence-corrected chi connectivity index (χ0v) is 15.0. The minimum absolute atomic E-state index is 0.00336. The van der Waals surface area contributed by atoms with Crippen molar-refractivity contribution in [3.8, 4) is 0 Å². The Labute approximate surface area is 155 Å². The van der Waals surface area contributed by atoms with Crippen molar-refractivity contribution in [2.24, 2.45) is 0 Å². The normalized spacial score (nSPS) is 17.8. The van der Waals surface area contributed by atoms with E-state index in [1.54, 1.807) is 35.5 Å². The summed E-state index contributed by atoms with van der Waals surface area (Å²) in [6, 6.07) is 6.98. The Hall–Kier alpha value is -2.05. The van der Waals surface area contributed by atoms with Crippen LogP contribution in [0.2, 0.25) is 10.0 Å². The van der Waals surface area contributed by atoms with Crippen molar-refractivity contribution in [2.75, 3.05) is 24.5 Å². The molecule has 0 unspecified atom stereocenters. The van der Waals surface area contributed by atoms with Crippen LogP contribution in [0.5, 0.6) is 0 Å². The van der Waals surface area contributed by atoms with E-state index in [0.29, 0.717) is 29.7 Å². The van der Waals surface area contributed by atoms with Gasteiger partial charge in [-0.3, -0.25) is 0 Å². The Bertz CT molecular complexity index is 795. The van der Waals surface area contributed by atoms with E-state index in [1.165, 1.54) is 0 Å². The van der Waals surface area contributed by atoms with E-state index >= 15 is 0 Å². The van der Waals surface area contributed by atoms with Crippen LogP contribution in [-0.2, 0) is 6.54 Å². The highest BCUT2D eigenvalue weighted by Gasteiger charge is 2.55. The average molecular weight is 378 g/mol. The van der Waals surface area contributed by atoms with Crippen LogP contribution in [0.3, 0.4) is 0 Å². The number of halogens is 2. The lowest BCUT2D eigenvalue weighted by Crippen LogP contribution is -2.78. The number of rotatable bonds is 3. The summed E-state index contributed by atoms with van der Waals surface area (Å²) in [5, 5.41) is 4.05. The molecule has 3 heterocycles. The number of nitrogens with one attached hydrogen (secondary N) is 1. The summed E-state index contributed by atoms with van der Waals surface area (Å²) in [5.74, 6) is 0.738. The lowest BCUT2D eigenvalue weighted by molar-refractivity contribution is 0.0509. The maximum atomic E-state index is 12.3. The molecule has 25 heavy (non-hydrogen) atoms. The number of nitrogens with zero attached hydrogens (tertiary/aromatic N) is 4. The van der Waals surface area contributed by atoms with Gasteiger partial charge in [-0.25, -0.2) is 14.8 Å². The Kier molecular flexibility index (Phi) is 4.17. The molecule has 2 saturated heterocycles. The van der Waals surface area contributed by atoms with Gasteiger partial charge in [-0.05, 0) is 30.2 Å². The number of amides is 2. The third-order valence-corrected chi connectivity index (χ3v) is 5.46. The van der Waals surface area contributed by atoms with E-state index in [4.69, 9.17) is 23.2 Å². The van der Waals surface area contributed by atoms with Crippen LogP contribution in [-0.4, -0.2) is 46.1 Å². The van der Waals surface area contributed by atoms with Crippen molar-refractivity contribution in [1.29, 1.82) is 0 Å². The van der Waals surface area contributed by atoms with Gasteiger partial charge in [0.15, 0.2) is 0 Å². The number of benzene rings is 1. The fourth-order valence-electron chi connectivity index (χ4n) is 3.37. The summed E-state index contributed by atoms with van der Waals surface area (Å²) in [5.41, 5.74) is 0.842. The van der Waals surface area contributed by atoms with Crippen LogP contribution in [0.25, 0.3) is 0 Å². The van der Waals surface area contributed by atoms with Crippen LogP contribution >= 0.6 is 23.2 Å². The lowest BCUT2D eigenvalue weighted by atomic mass is 9.78. The molecule has 2 fully saturated rings. The first-order valence-electron chi connectivity index (χ1n) is 8.09. The van der Waals surface area contributed by atoms with Gasteiger partial charge in [0, 0.05) is 48.6 Å². The summed E-state index contributed by atoms with van der Waals surface area (Å²) in [4.78, 5) is 25.0. The molecule has 2 aromatic rings. The second kappa shape index (κ2) is 6.35. The highest BCUT2D eigenvalue weighted by Crippen LogP contribution is 2.40. The lowest BCUT2D eigenvalue weighted by Gasteiger charge is -2.62. The van der Waals surface area contributed by atoms with Gasteiger partial charge in [0.1, 0.15) is 0 Å². The van der Waals surface area contributed by atoms with Crippen molar-refractivity contribution >= 4 is 35.2 Å². The molecule has 0 radical (unpaired) electrons. The molecule has 1 spiro atoms. The summed E-state index contributed by atoms with van der Waals surface area (Å²) < 4.78 is 0. The highest BCUT2D eigenvalue weighted by atomic mass is 35.5. The van der Waals surface area contributed by atoms with Crippen LogP contribution in [0.15, 0.2) is 36.7 Å². The Morgan fingerprint density at radius 2 is 2.00 bits per heavy atom. The standard InChI is InChI=1S/C17H17Cl2N5O/c18-13-3-2-12(14(19)8-13)9-22-16(25)23-10-17(11-23)4-7-24(17)15-20-5-1-6-21-15/h1-3,5-6,8H,4,7,9-11H2,(H,22,25). The smallest absolute Gasteiger partial charge is 0.317 e. The molecule has 1 aromatic heterocycles. The van der Waals surface area contributed by atoms with Gasteiger partial charge >= 0.3 is 6.03 Å². The third kappa shape index (κ3) is 3.00. The van der Waals surface area contributed by atoms with Crippen LogP contribution in [0, 0.1) is 0 Å². The summed E-state index contributed by atoms with van der Waals surface area (Å²) >= 11 is 12.0. The first-order valence-corrected chi connectivity index (χ1v) is 8.84.